The van der Waals surface area contributed by atoms with Gasteiger partial charge in [0.05, 0.1) is 12.2 Å². The largest absolute Gasteiger partial charge is 0.377 e. The van der Waals surface area contributed by atoms with Gasteiger partial charge in [0, 0.05) is 46.9 Å². The maximum Gasteiger partial charge on any atom is 0.0971 e. The highest BCUT2D eigenvalue weighted by Gasteiger charge is 2.32. The third kappa shape index (κ3) is 2.67. The average Bonchev–Trinajstić information content (AvgIpc) is 3.04. The highest BCUT2D eigenvalue weighted by Crippen LogP contribution is 2.21. The van der Waals surface area contributed by atoms with Gasteiger partial charge < -0.3 is 14.8 Å². The van der Waals surface area contributed by atoms with Gasteiger partial charge in [-0.1, -0.05) is 18.2 Å². The summed E-state index contributed by atoms with van der Waals surface area (Å²) in [5.41, 5.74) is 4.27. The van der Waals surface area contributed by atoms with Crippen molar-refractivity contribution in [1.82, 2.24) is 10.2 Å². The zero-order chi connectivity index (χ0) is 13.2. The molecule has 0 spiro atoms. The van der Waals surface area contributed by atoms with E-state index in [1.807, 2.05) is 0 Å². The Bertz CT molecular complexity index is 438. The van der Waals surface area contributed by atoms with Gasteiger partial charge in [0.2, 0.25) is 0 Å². The van der Waals surface area contributed by atoms with E-state index in [4.69, 9.17) is 9.47 Å². The second-order valence-corrected chi connectivity index (χ2v) is 5.45. The summed E-state index contributed by atoms with van der Waals surface area (Å²) in [7, 11) is 3.53. The summed E-state index contributed by atoms with van der Waals surface area (Å²) in [6, 6.07) is 6.83. The summed E-state index contributed by atoms with van der Waals surface area (Å²) in [6.07, 6.45) is 0.391. The van der Waals surface area contributed by atoms with E-state index >= 15 is 0 Å². The molecule has 2 heterocycles. The highest BCUT2D eigenvalue weighted by atomic mass is 16.5. The predicted octanol–water partition coefficient (Wildman–Crippen LogP) is 1.14. The van der Waals surface area contributed by atoms with Crippen molar-refractivity contribution in [1.29, 1.82) is 0 Å². The van der Waals surface area contributed by atoms with Gasteiger partial charge in [0.25, 0.3) is 0 Å². The van der Waals surface area contributed by atoms with Crippen LogP contribution < -0.4 is 5.32 Å². The average molecular weight is 262 g/mol. The van der Waals surface area contributed by atoms with E-state index in [9.17, 15) is 0 Å². The number of rotatable bonds is 4. The summed E-state index contributed by atoms with van der Waals surface area (Å²) >= 11 is 0. The van der Waals surface area contributed by atoms with E-state index < -0.39 is 0 Å². The maximum absolute atomic E-state index is 5.48. The number of methoxy groups -OCH3 is 2. The van der Waals surface area contributed by atoms with Crippen LogP contribution in [0.3, 0.4) is 0 Å². The molecule has 0 aromatic heterocycles. The Morgan fingerprint density at radius 3 is 2.47 bits per heavy atom. The Morgan fingerprint density at radius 1 is 1.11 bits per heavy atom. The monoisotopic (exact) mass is 262 g/mol. The molecule has 19 heavy (non-hydrogen) atoms. The van der Waals surface area contributed by atoms with Crippen LogP contribution in [0.2, 0.25) is 0 Å². The predicted molar refractivity (Wildman–Crippen MR) is 73.9 cm³/mol. The molecule has 0 bridgehead atoms. The molecule has 1 aromatic carbocycles. The van der Waals surface area contributed by atoms with Gasteiger partial charge in [-0.2, -0.15) is 0 Å². The SMILES string of the molecule is COC1CN(Cc2ccc3c(c2)CNC3)CC1OC. The molecule has 0 amide bonds. The fourth-order valence-corrected chi connectivity index (χ4v) is 3.11. The van der Waals surface area contributed by atoms with Gasteiger partial charge in [-0.15, -0.1) is 0 Å². The Hall–Kier alpha value is -0.940. The van der Waals surface area contributed by atoms with Crippen LogP contribution >= 0.6 is 0 Å². The molecule has 0 aliphatic carbocycles. The lowest BCUT2D eigenvalue weighted by Crippen LogP contribution is -2.27. The van der Waals surface area contributed by atoms with Gasteiger partial charge in [-0.25, -0.2) is 0 Å². The van der Waals surface area contributed by atoms with Crippen LogP contribution in [0.5, 0.6) is 0 Å². The molecular weight excluding hydrogens is 240 g/mol. The molecule has 4 nitrogen and oxygen atoms in total. The molecule has 4 heteroatoms. The third-order valence-electron chi connectivity index (χ3n) is 4.20. The van der Waals surface area contributed by atoms with Crippen molar-refractivity contribution in [3.63, 3.8) is 0 Å². The summed E-state index contributed by atoms with van der Waals surface area (Å²) < 4.78 is 11.0. The van der Waals surface area contributed by atoms with Crippen molar-refractivity contribution in [3.05, 3.63) is 34.9 Å². The first-order valence-electron chi connectivity index (χ1n) is 6.89. The minimum atomic E-state index is 0.195. The number of likely N-dealkylation sites (tertiary alicyclic amines) is 1. The third-order valence-corrected chi connectivity index (χ3v) is 4.20. The number of hydrogen-bond acceptors (Lipinski definition) is 4. The summed E-state index contributed by atoms with van der Waals surface area (Å²) in [6.45, 7) is 4.89. The first kappa shape index (κ1) is 13.1. The molecule has 2 aliphatic heterocycles. The zero-order valence-corrected chi connectivity index (χ0v) is 11.7. The van der Waals surface area contributed by atoms with E-state index in [2.05, 4.69) is 28.4 Å². The molecule has 2 unspecified atom stereocenters. The van der Waals surface area contributed by atoms with Crippen molar-refractivity contribution in [3.8, 4) is 0 Å². The van der Waals surface area contributed by atoms with Crippen LogP contribution in [0.15, 0.2) is 18.2 Å². The van der Waals surface area contributed by atoms with Crippen LogP contribution in [0.4, 0.5) is 0 Å². The van der Waals surface area contributed by atoms with E-state index in [1.54, 1.807) is 14.2 Å². The normalized spacial score (nSPS) is 26.8. The smallest absolute Gasteiger partial charge is 0.0971 e. The fourth-order valence-electron chi connectivity index (χ4n) is 3.11. The van der Waals surface area contributed by atoms with Crippen molar-refractivity contribution in [2.24, 2.45) is 0 Å². The van der Waals surface area contributed by atoms with Crippen molar-refractivity contribution >= 4 is 0 Å². The van der Waals surface area contributed by atoms with Gasteiger partial charge >= 0.3 is 0 Å². The second-order valence-electron chi connectivity index (χ2n) is 5.45. The second kappa shape index (κ2) is 5.59. The lowest BCUT2D eigenvalue weighted by atomic mass is 10.1. The molecule has 1 aromatic rings. The van der Waals surface area contributed by atoms with E-state index in [1.165, 1.54) is 16.7 Å². The van der Waals surface area contributed by atoms with Gasteiger partial charge in [-0.05, 0) is 16.7 Å². The molecule has 1 N–H and O–H groups in total. The Kier molecular flexibility index (Phi) is 3.84. The highest BCUT2D eigenvalue weighted by molar-refractivity contribution is 5.34. The number of benzene rings is 1. The standard InChI is InChI=1S/C15H22N2O2/c1-18-14-9-17(10-15(14)19-2)8-11-3-4-12-6-16-7-13(12)5-11/h3-5,14-16H,6-10H2,1-2H3. The zero-order valence-electron chi connectivity index (χ0n) is 11.7. The first-order valence-corrected chi connectivity index (χ1v) is 6.89. The first-order chi connectivity index (χ1) is 9.30. The molecule has 0 radical (unpaired) electrons. The Balaban J connectivity index is 1.66. The van der Waals surface area contributed by atoms with E-state index in [-0.39, 0.29) is 12.2 Å². The molecule has 2 aliphatic rings. The van der Waals surface area contributed by atoms with Gasteiger partial charge in [0.15, 0.2) is 0 Å². The van der Waals surface area contributed by atoms with Crippen molar-refractivity contribution in [2.75, 3.05) is 27.3 Å². The number of nitrogens with zero attached hydrogens (tertiary/aromatic N) is 1. The van der Waals surface area contributed by atoms with Gasteiger partial charge in [0.1, 0.15) is 0 Å². The molecule has 1 saturated heterocycles. The number of nitrogens with one attached hydrogen (secondary N) is 1. The molecular formula is C15H22N2O2. The van der Waals surface area contributed by atoms with Crippen LogP contribution in [0.25, 0.3) is 0 Å². The summed E-state index contributed by atoms with van der Waals surface area (Å²) in [5, 5.41) is 3.39. The van der Waals surface area contributed by atoms with Crippen LogP contribution in [0.1, 0.15) is 16.7 Å². The molecule has 2 atom stereocenters. The quantitative estimate of drug-likeness (QED) is 0.882. The minimum Gasteiger partial charge on any atom is -0.377 e. The van der Waals surface area contributed by atoms with Crippen molar-refractivity contribution < 1.29 is 9.47 Å². The summed E-state index contributed by atoms with van der Waals surface area (Å²) in [5.74, 6) is 0. The summed E-state index contributed by atoms with van der Waals surface area (Å²) in [4.78, 5) is 2.41. The van der Waals surface area contributed by atoms with Gasteiger partial charge in [-0.3, -0.25) is 4.90 Å². The maximum atomic E-state index is 5.48. The topological polar surface area (TPSA) is 33.7 Å². The van der Waals surface area contributed by atoms with E-state index in [0.717, 1.165) is 32.7 Å². The number of ether oxygens (including phenoxy) is 2. The van der Waals surface area contributed by atoms with E-state index in [0.29, 0.717) is 0 Å². The lowest BCUT2D eigenvalue weighted by molar-refractivity contribution is -0.00461. The Labute approximate surface area is 114 Å². The molecule has 1 fully saturated rings. The van der Waals surface area contributed by atoms with Crippen LogP contribution in [-0.2, 0) is 29.1 Å². The molecule has 3 rings (SSSR count). The van der Waals surface area contributed by atoms with Crippen LogP contribution in [0, 0.1) is 0 Å². The molecule has 104 valence electrons. The Morgan fingerprint density at radius 2 is 1.79 bits per heavy atom. The number of fused-ring (bicyclic) bond motifs is 1. The number of hydrogen-bond donors (Lipinski definition) is 1. The van der Waals surface area contributed by atoms with Crippen LogP contribution in [-0.4, -0.2) is 44.4 Å². The lowest BCUT2D eigenvalue weighted by Gasteiger charge is -2.15. The fraction of sp³-hybridized carbons (Fsp3) is 0.600. The molecule has 0 saturated carbocycles. The van der Waals surface area contributed by atoms with Crippen molar-refractivity contribution in [2.45, 2.75) is 31.8 Å². The minimum absolute atomic E-state index is 0.195.